The van der Waals surface area contributed by atoms with Crippen molar-refractivity contribution in [2.75, 3.05) is 12.4 Å². The highest BCUT2D eigenvalue weighted by atomic mass is 35.5. The molecule has 0 radical (unpaired) electrons. The zero-order valence-corrected chi connectivity index (χ0v) is 17.2. The van der Waals surface area contributed by atoms with E-state index >= 15 is 0 Å². The average molecular weight is 414 g/mol. The summed E-state index contributed by atoms with van der Waals surface area (Å²) in [6.07, 6.45) is 1.39. The van der Waals surface area contributed by atoms with Crippen molar-refractivity contribution >= 4 is 21.6 Å². The van der Waals surface area contributed by atoms with Crippen LogP contribution in [0, 0.1) is 0 Å². The van der Waals surface area contributed by atoms with Gasteiger partial charge in [-0.25, -0.2) is 8.42 Å². The predicted molar refractivity (Wildman–Crippen MR) is 115 cm³/mol. The van der Waals surface area contributed by atoms with Crippen LogP contribution in [0.25, 0.3) is 0 Å². The van der Waals surface area contributed by atoms with E-state index in [9.17, 15) is 8.42 Å². The average Bonchev–Trinajstić information content (AvgIpc) is 2.73. The normalized spacial score (nSPS) is 11.6. The smallest absolute Gasteiger partial charge is 0.207 e. The SMILES string of the molecule is O=S(=O)(c1ccc(CCCl)cc1)N(CCc1ccccc1)Cc1ccccc1. The number of alkyl halides is 1. The van der Waals surface area contributed by atoms with Gasteiger partial charge in [0.15, 0.2) is 0 Å². The van der Waals surface area contributed by atoms with Crippen molar-refractivity contribution in [3.8, 4) is 0 Å². The monoisotopic (exact) mass is 413 g/mol. The van der Waals surface area contributed by atoms with Crippen molar-refractivity contribution in [2.24, 2.45) is 0 Å². The molecule has 146 valence electrons. The van der Waals surface area contributed by atoms with Crippen LogP contribution >= 0.6 is 11.6 Å². The van der Waals surface area contributed by atoms with Gasteiger partial charge in [-0.05, 0) is 41.7 Å². The van der Waals surface area contributed by atoms with Crippen molar-refractivity contribution in [1.29, 1.82) is 0 Å². The first-order valence-electron chi connectivity index (χ1n) is 9.32. The maximum absolute atomic E-state index is 13.3. The maximum Gasteiger partial charge on any atom is 0.243 e. The van der Waals surface area contributed by atoms with Gasteiger partial charge < -0.3 is 0 Å². The first-order valence-corrected chi connectivity index (χ1v) is 11.3. The largest absolute Gasteiger partial charge is 0.243 e. The molecule has 0 aliphatic heterocycles. The molecule has 0 N–H and O–H groups in total. The van der Waals surface area contributed by atoms with Crippen LogP contribution < -0.4 is 0 Å². The summed E-state index contributed by atoms with van der Waals surface area (Å²) in [7, 11) is -3.60. The molecule has 3 nitrogen and oxygen atoms in total. The minimum atomic E-state index is -3.60. The molecule has 0 unspecified atom stereocenters. The Morgan fingerprint density at radius 1 is 0.679 bits per heavy atom. The Morgan fingerprint density at radius 2 is 1.21 bits per heavy atom. The number of hydrogen-bond donors (Lipinski definition) is 0. The number of sulfonamides is 1. The van der Waals surface area contributed by atoms with Gasteiger partial charge in [-0.1, -0.05) is 72.8 Å². The molecule has 0 aliphatic rings. The molecule has 0 heterocycles. The molecular formula is C23H24ClNO2S. The number of rotatable bonds is 9. The lowest BCUT2D eigenvalue weighted by molar-refractivity contribution is 0.409. The lowest BCUT2D eigenvalue weighted by Crippen LogP contribution is -2.32. The molecule has 0 saturated carbocycles. The van der Waals surface area contributed by atoms with Gasteiger partial charge in [-0.2, -0.15) is 4.31 Å². The number of nitrogens with zero attached hydrogens (tertiary/aromatic N) is 1. The van der Waals surface area contributed by atoms with Gasteiger partial charge in [0.25, 0.3) is 0 Å². The fraction of sp³-hybridized carbons (Fsp3) is 0.217. The van der Waals surface area contributed by atoms with Crippen LogP contribution in [0.1, 0.15) is 16.7 Å². The first-order chi connectivity index (χ1) is 13.6. The molecule has 0 saturated heterocycles. The Balaban J connectivity index is 1.85. The molecule has 0 bridgehead atoms. The van der Waals surface area contributed by atoms with E-state index in [1.807, 2.05) is 72.8 Å². The van der Waals surface area contributed by atoms with E-state index in [1.54, 1.807) is 16.4 Å². The number of benzene rings is 3. The highest BCUT2D eigenvalue weighted by Crippen LogP contribution is 2.20. The fourth-order valence-corrected chi connectivity index (χ4v) is 4.70. The summed E-state index contributed by atoms with van der Waals surface area (Å²) in [5, 5.41) is 0. The molecule has 5 heteroatoms. The molecule has 0 aliphatic carbocycles. The summed E-state index contributed by atoms with van der Waals surface area (Å²) >= 11 is 5.78. The third-order valence-corrected chi connectivity index (χ3v) is 6.69. The van der Waals surface area contributed by atoms with Crippen molar-refractivity contribution < 1.29 is 8.42 Å². The van der Waals surface area contributed by atoms with Gasteiger partial charge in [-0.15, -0.1) is 11.6 Å². The van der Waals surface area contributed by atoms with Crippen molar-refractivity contribution in [3.05, 3.63) is 102 Å². The van der Waals surface area contributed by atoms with Crippen molar-refractivity contribution in [2.45, 2.75) is 24.3 Å². The van der Waals surface area contributed by atoms with Crippen molar-refractivity contribution in [3.63, 3.8) is 0 Å². The summed E-state index contributed by atoms with van der Waals surface area (Å²) in [6.45, 7) is 0.768. The van der Waals surface area contributed by atoms with Gasteiger partial charge in [-0.3, -0.25) is 0 Å². The molecule has 3 rings (SSSR count). The maximum atomic E-state index is 13.3. The Kier molecular flexibility index (Phi) is 7.26. The Bertz CT molecular complexity index is 959. The zero-order chi connectivity index (χ0) is 19.8. The molecule has 0 amide bonds. The minimum Gasteiger partial charge on any atom is -0.207 e. The third-order valence-electron chi connectivity index (χ3n) is 4.64. The molecule has 0 atom stereocenters. The van der Waals surface area contributed by atoms with Crippen LogP contribution in [0.15, 0.2) is 89.8 Å². The fourth-order valence-electron chi connectivity index (χ4n) is 3.06. The minimum absolute atomic E-state index is 0.315. The van der Waals surface area contributed by atoms with E-state index in [0.717, 1.165) is 23.1 Å². The summed E-state index contributed by atoms with van der Waals surface area (Å²) in [5.41, 5.74) is 3.12. The van der Waals surface area contributed by atoms with Gasteiger partial charge >= 0.3 is 0 Å². The van der Waals surface area contributed by atoms with E-state index in [4.69, 9.17) is 11.6 Å². The molecule has 0 spiro atoms. The summed E-state index contributed by atoms with van der Waals surface area (Å²) in [4.78, 5) is 0.315. The second-order valence-corrected chi connectivity index (χ2v) is 8.96. The van der Waals surface area contributed by atoms with E-state index < -0.39 is 10.0 Å². The Morgan fingerprint density at radius 3 is 1.79 bits per heavy atom. The van der Waals surface area contributed by atoms with E-state index in [1.165, 1.54) is 0 Å². The highest BCUT2D eigenvalue weighted by molar-refractivity contribution is 7.89. The Labute approximate surface area is 172 Å². The predicted octanol–water partition coefficient (Wildman–Crippen LogP) is 4.90. The summed E-state index contributed by atoms with van der Waals surface area (Å²) in [6, 6.07) is 26.7. The Hall–Kier alpha value is -2.14. The van der Waals surface area contributed by atoms with Crippen LogP contribution in [-0.4, -0.2) is 25.1 Å². The van der Waals surface area contributed by atoms with Gasteiger partial charge in [0.1, 0.15) is 0 Å². The van der Waals surface area contributed by atoms with Crippen LogP contribution in [0.2, 0.25) is 0 Å². The van der Waals surface area contributed by atoms with E-state index in [2.05, 4.69) is 0 Å². The highest BCUT2D eigenvalue weighted by Gasteiger charge is 2.24. The lowest BCUT2D eigenvalue weighted by Gasteiger charge is -2.23. The van der Waals surface area contributed by atoms with E-state index in [-0.39, 0.29) is 0 Å². The molecule has 0 fully saturated rings. The third kappa shape index (κ3) is 5.44. The van der Waals surface area contributed by atoms with Gasteiger partial charge in [0.2, 0.25) is 10.0 Å². The number of aryl methyl sites for hydroxylation is 1. The number of hydrogen-bond acceptors (Lipinski definition) is 2. The zero-order valence-electron chi connectivity index (χ0n) is 15.7. The summed E-state index contributed by atoms with van der Waals surface area (Å²) < 4.78 is 28.2. The molecular weight excluding hydrogens is 390 g/mol. The second-order valence-electron chi connectivity index (χ2n) is 6.64. The molecule has 3 aromatic carbocycles. The standard InChI is InChI=1S/C23H24ClNO2S/c24-17-15-21-11-13-23(14-12-21)28(26,27)25(19-22-9-5-2-6-10-22)18-16-20-7-3-1-4-8-20/h1-14H,15-19H2. The van der Waals surface area contributed by atoms with Gasteiger partial charge in [0, 0.05) is 19.0 Å². The quantitative estimate of drug-likeness (QED) is 0.468. The second kappa shape index (κ2) is 9.87. The topological polar surface area (TPSA) is 37.4 Å². The van der Waals surface area contributed by atoms with Gasteiger partial charge in [0.05, 0.1) is 4.90 Å². The first kappa shape index (κ1) is 20.6. The van der Waals surface area contributed by atoms with E-state index in [0.29, 0.717) is 30.3 Å². The van der Waals surface area contributed by atoms with Crippen molar-refractivity contribution in [1.82, 2.24) is 4.31 Å². The van der Waals surface area contributed by atoms with Crippen LogP contribution in [0.5, 0.6) is 0 Å². The molecule has 0 aromatic heterocycles. The van der Waals surface area contributed by atoms with Crippen LogP contribution in [0.3, 0.4) is 0 Å². The molecule has 3 aromatic rings. The number of halogens is 1. The van der Waals surface area contributed by atoms with Crippen LogP contribution in [0.4, 0.5) is 0 Å². The lowest BCUT2D eigenvalue weighted by atomic mass is 10.1. The molecule has 28 heavy (non-hydrogen) atoms. The van der Waals surface area contributed by atoms with Crippen LogP contribution in [-0.2, 0) is 29.4 Å². The summed E-state index contributed by atoms with van der Waals surface area (Å²) in [5.74, 6) is 0.517.